The molecule has 1 amide bonds. The van der Waals surface area contributed by atoms with Gasteiger partial charge in [-0.1, -0.05) is 18.2 Å². The Morgan fingerprint density at radius 1 is 1.30 bits per heavy atom. The van der Waals surface area contributed by atoms with Gasteiger partial charge in [-0.05, 0) is 24.5 Å². The van der Waals surface area contributed by atoms with Gasteiger partial charge in [0.15, 0.2) is 0 Å². The number of nitrogens with one attached hydrogen (secondary N) is 1. The van der Waals surface area contributed by atoms with Gasteiger partial charge in [0.25, 0.3) is 0 Å². The highest BCUT2D eigenvalue weighted by Crippen LogP contribution is 2.06. The summed E-state index contributed by atoms with van der Waals surface area (Å²) in [4.78, 5) is 15.6. The zero-order valence-electron chi connectivity index (χ0n) is 11.3. The molecule has 1 N–H and O–H groups in total. The van der Waals surface area contributed by atoms with Gasteiger partial charge in [-0.2, -0.15) is 0 Å². The lowest BCUT2D eigenvalue weighted by atomic mass is 10.1. The topological polar surface area (TPSA) is 46.9 Å². The average molecular weight is 275 g/mol. The van der Waals surface area contributed by atoms with Gasteiger partial charge in [0.05, 0.1) is 12.7 Å². The molecule has 0 bridgehead atoms. The molecule has 0 saturated carbocycles. The quantitative estimate of drug-likeness (QED) is 0.787. The maximum absolute atomic E-state index is 13.4. The van der Waals surface area contributed by atoms with E-state index in [9.17, 15) is 9.18 Å². The lowest BCUT2D eigenvalue weighted by Gasteiger charge is -2.06. The van der Waals surface area contributed by atoms with E-state index in [2.05, 4.69) is 10.3 Å². The Kier molecular flexibility index (Phi) is 5.29. The Balaban J connectivity index is 1.62. The van der Waals surface area contributed by atoms with Gasteiger partial charge in [0.1, 0.15) is 5.82 Å². The molecule has 0 atom stereocenters. The monoisotopic (exact) mass is 275 g/mol. The first-order chi connectivity index (χ1) is 9.75. The molecule has 106 valence electrons. The summed E-state index contributed by atoms with van der Waals surface area (Å²) in [5.74, 6) is -0.472. The third-order valence-corrected chi connectivity index (χ3v) is 3.03. The standard InChI is InChI=1S/C15H18FN3O/c16-14-6-2-1-5-13(14)11-15(20)18-7-3-4-9-19-10-8-17-12-19/h1-2,5-6,8,10,12H,3-4,7,9,11H2,(H,18,20). The van der Waals surface area contributed by atoms with Crippen LogP contribution in [0.3, 0.4) is 0 Å². The lowest BCUT2D eigenvalue weighted by molar-refractivity contribution is -0.120. The van der Waals surface area contributed by atoms with Crippen LogP contribution < -0.4 is 5.32 Å². The number of aryl methyl sites for hydroxylation is 1. The van der Waals surface area contributed by atoms with Gasteiger partial charge in [-0.25, -0.2) is 9.37 Å². The molecule has 0 unspecified atom stereocenters. The van der Waals surface area contributed by atoms with Crippen molar-refractivity contribution in [2.75, 3.05) is 6.54 Å². The molecule has 1 aromatic heterocycles. The van der Waals surface area contributed by atoms with Crippen LogP contribution in [0.5, 0.6) is 0 Å². The number of unbranched alkanes of at least 4 members (excludes halogenated alkanes) is 1. The predicted molar refractivity (Wildman–Crippen MR) is 74.6 cm³/mol. The molecule has 1 heterocycles. The first-order valence-corrected chi connectivity index (χ1v) is 6.71. The number of aromatic nitrogens is 2. The molecule has 0 radical (unpaired) electrons. The normalized spacial score (nSPS) is 10.4. The largest absolute Gasteiger partial charge is 0.356 e. The Bertz CT molecular complexity index is 540. The number of benzene rings is 1. The number of carbonyl (C=O) groups excluding carboxylic acids is 1. The van der Waals surface area contributed by atoms with Crippen LogP contribution in [0.2, 0.25) is 0 Å². The maximum Gasteiger partial charge on any atom is 0.224 e. The van der Waals surface area contributed by atoms with E-state index in [4.69, 9.17) is 0 Å². The number of hydrogen-bond acceptors (Lipinski definition) is 2. The second-order valence-electron chi connectivity index (χ2n) is 4.63. The Hall–Kier alpha value is -2.17. The molecule has 4 nitrogen and oxygen atoms in total. The van der Waals surface area contributed by atoms with E-state index < -0.39 is 0 Å². The van der Waals surface area contributed by atoms with Crippen LogP contribution >= 0.6 is 0 Å². The van der Waals surface area contributed by atoms with Gasteiger partial charge >= 0.3 is 0 Å². The second kappa shape index (κ2) is 7.43. The third kappa shape index (κ3) is 4.50. The van der Waals surface area contributed by atoms with E-state index in [-0.39, 0.29) is 18.1 Å². The number of hydrogen-bond donors (Lipinski definition) is 1. The first kappa shape index (κ1) is 14.2. The minimum atomic E-state index is -0.331. The first-order valence-electron chi connectivity index (χ1n) is 6.71. The van der Waals surface area contributed by atoms with Crippen molar-refractivity contribution < 1.29 is 9.18 Å². The van der Waals surface area contributed by atoms with Gasteiger partial charge in [-0.3, -0.25) is 4.79 Å². The van der Waals surface area contributed by atoms with Crippen molar-refractivity contribution in [2.24, 2.45) is 0 Å². The Morgan fingerprint density at radius 2 is 2.15 bits per heavy atom. The number of imidazole rings is 1. The van der Waals surface area contributed by atoms with Crippen molar-refractivity contribution >= 4 is 5.91 Å². The van der Waals surface area contributed by atoms with Crippen molar-refractivity contribution in [1.82, 2.24) is 14.9 Å². The molecule has 0 saturated heterocycles. The van der Waals surface area contributed by atoms with E-state index in [1.54, 1.807) is 30.7 Å². The molecular weight excluding hydrogens is 257 g/mol. The average Bonchev–Trinajstić information content (AvgIpc) is 2.94. The number of rotatable bonds is 7. The van der Waals surface area contributed by atoms with Crippen LogP contribution in [0.4, 0.5) is 4.39 Å². The Morgan fingerprint density at radius 3 is 2.90 bits per heavy atom. The van der Waals surface area contributed by atoms with Crippen molar-refractivity contribution in [3.05, 3.63) is 54.4 Å². The van der Waals surface area contributed by atoms with E-state index >= 15 is 0 Å². The van der Waals surface area contributed by atoms with E-state index in [1.807, 2.05) is 10.8 Å². The number of carbonyl (C=O) groups is 1. The highest BCUT2D eigenvalue weighted by molar-refractivity contribution is 5.78. The molecule has 0 fully saturated rings. The van der Waals surface area contributed by atoms with Crippen LogP contribution in [0.25, 0.3) is 0 Å². The van der Waals surface area contributed by atoms with Crippen LogP contribution in [0, 0.1) is 5.82 Å². The van der Waals surface area contributed by atoms with Crippen molar-refractivity contribution in [1.29, 1.82) is 0 Å². The zero-order valence-corrected chi connectivity index (χ0v) is 11.3. The fourth-order valence-corrected chi connectivity index (χ4v) is 1.94. The van der Waals surface area contributed by atoms with E-state index in [1.165, 1.54) is 6.07 Å². The summed E-state index contributed by atoms with van der Waals surface area (Å²) in [6.07, 6.45) is 7.38. The van der Waals surface area contributed by atoms with Crippen LogP contribution in [0.15, 0.2) is 43.0 Å². The summed E-state index contributed by atoms with van der Waals surface area (Å²) in [6.45, 7) is 1.51. The summed E-state index contributed by atoms with van der Waals surface area (Å²) in [5.41, 5.74) is 0.434. The SMILES string of the molecule is O=C(Cc1ccccc1F)NCCCCn1ccnc1. The van der Waals surface area contributed by atoms with Gasteiger partial charge in [0, 0.05) is 25.5 Å². The fraction of sp³-hybridized carbons (Fsp3) is 0.333. The summed E-state index contributed by atoms with van der Waals surface area (Å²) in [7, 11) is 0. The highest BCUT2D eigenvalue weighted by Gasteiger charge is 2.06. The van der Waals surface area contributed by atoms with Crippen molar-refractivity contribution in [2.45, 2.75) is 25.8 Å². The summed E-state index contributed by atoms with van der Waals surface area (Å²) < 4.78 is 15.4. The summed E-state index contributed by atoms with van der Waals surface area (Å²) in [6, 6.07) is 6.35. The number of halogens is 1. The summed E-state index contributed by atoms with van der Waals surface area (Å²) in [5, 5.41) is 2.81. The molecule has 2 rings (SSSR count). The summed E-state index contributed by atoms with van der Waals surface area (Å²) >= 11 is 0. The fourth-order valence-electron chi connectivity index (χ4n) is 1.94. The Labute approximate surface area is 117 Å². The van der Waals surface area contributed by atoms with E-state index in [0.717, 1.165) is 19.4 Å². The lowest BCUT2D eigenvalue weighted by Crippen LogP contribution is -2.26. The number of nitrogens with zero attached hydrogens (tertiary/aromatic N) is 2. The predicted octanol–water partition coefficient (Wildman–Crippen LogP) is 2.16. The molecule has 0 spiro atoms. The van der Waals surface area contributed by atoms with Crippen LogP contribution in [-0.2, 0) is 17.8 Å². The zero-order chi connectivity index (χ0) is 14.2. The van der Waals surface area contributed by atoms with Crippen molar-refractivity contribution in [3.63, 3.8) is 0 Å². The maximum atomic E-state index is 13.4. The number of amides is 1. The van der Waals surface area contributed by atoms with Gasteiger partial charge < -0.3 is 9.88 Å². The van der Waals surface area contributed by atoms with Crippen LogP contribution in [0.1, 0.15) is 18.4 Å². The molecule has 0 aliphatic carbocycles. The van der Waals surface area contributed by atoms with E-state index in [0.29, 0.717) is 12.1 Å². The molecule has 20 heavy (non-hydrogen) atoms. The van der Waals surface area contributed by atoms with Gasteiger partial charge in [0.2, 0.25) is 5.91 Å². The molecule has 0 aliphatic heterocycles. The smallest absolute Gasteiger partial charge is 0.224 e. The molecular formula is C15H18FN3O. The molecule has 2 aromatic rings. The highest BCUT2D eigenvalue weighted by atomic mass is 19.1. The van der Waals surface area contributed by atoms with Gasteiger partial charge in [-0.15, -0.1) is 0 Å². The molecule has 1 aromatic carbocycles. The second-order valence-corrected chi connectivity index (χ2v) is 4.63. The van der Waals surface area contributed by atoms with Crippen molar-refractivity contribution in [3.8, 4) is 0 Å². The minimum Gasteiger partial charge on any atom is -0.356 e. The van der Waals surface area contributed by atoms with Crippen LogP contribution in [-0.4, -0.2) is 22.0 Å². The minimum absolute atomic E-state index is 0.0915. The third-order valence-electron chi connectivity index (χ3n) is 3.03. The molecule has 5 heteroatoms. The molecule has 0 aliphatic rings.